The van der Waals surface area contributed by atoms with E-state index in [9.17, 15) is 18.0 Å². The molecule has 2 aliphatic heterocycles. The minimum Gasteiger partial charge on any atom is -0.367 e. The van der Waals surface area contributed by atoms with Gasteiger partial charge in [0.05, 0.1) is 5.69 Å². The highest BCUT2D eigenvalue weighted by atomic mass is 19.4. The molecule has 1 amide bonds. The van der Waals surface area contributed by atoms with Crippen molar-refractivity contribution < 1.29 is 22.5 Å². The zero-order chi connectivity index (χ0) is 20.8. The number of carbonyl (C=O) groups excluding carboxylic acids is 1. The van der Waals surface area contributed by atoms with Gasteiger partial charge in [0.1, 0.15) is 11.6 Å². The van der Waals surface area contributed by atoms with Crippen LogP contribution in [0.15, 0.2) is 16.7 Å². The summed E-state index contributed by atoms with van der Waals surface area (Å²) in [5.41, 5.74) is 0.847. The van der Waals surface area contributed by atoms with Crippen LogP contribution in [0.25, 0.3) is 0 Å². The number of likely N-dealkylation sites (tertiary alicyclic amines) is 1. The molecular formula is C19H24F3N5O2. The summed E-state index contributed by atoms with van der Waals surface area (Å²) < 4.78 is 46.8. The zero-order valence-electron chi connectivity index (χ0n) is 16.4. The number of aromatic nitrogens is 3. The molecule has 0 spiro atoms. The molecule has 4 rings (SSSR count). The predicted molar refractivity (Wildman–Crippen MR) is 98.8 cm³/mol. The van der Waals surface area contributed by atoms with Crippen LogP contribution in [-0.2, 0) is 6.42 Å². The molecule has 1 N–H and O–H groups in total. The molecule has 7 nitrogen and oxygen atoms in total. The van der Waals surface area contributed by atoms with Gasteiger partial charge in [0.2, 0.25) is 0 Å². The summed E-state index contributed by atoms with van der Waals surface area (Å²) in [6.07, 6.45) is -2.48. The number of rotatable bonds is 4. The van der Waals surface area contributed by atoms with Crippen LogP contribution in [0.5, 0.6) is 0 Å². The van der Waals surface area contributed by atoms with E-state index in [2.05, 4.69) is 15.6 Å². The molecule has 2 aromatic heterocycles. The minimum absolute atomic E-state index is 0.0324. The second-order valence-corrected chi connectivity index (χ2v) is 7.71. The number of carbonyl (C=O) groups is 1. The number of hydrogen-bond donors (Lipinski definition) is 1. The Kier molecular flexibility index (Phi) is 5.04. The van der Waals surface area contributed by atoms with Crippen molar-refractivity contribution in [2.24, 2.45) is 0 Å². The number of nitrogens with zero attached hydrogens (tertiary/aromatic N) is 4. The highest BCUT2D eigenvalue weighted by Crippen LogP contribution is 2.41. The molecule has 3 atom stereocenters. The largest absolute Gasteiger partial charge is 0.410 e. The summed E-state index contributed by atoms with van der Waals surface area (Å²) in [5.74, 6) is 0.706. The molecular weight excluding hydrogens is 387 g/mol. The smallest absolute Gasteiger partial charge is 0.367 e. The fraction of sp³-hybridized carbons (Fsp3) is 0.632. The van der Waals surface area contributed by atoms with Gasteiger partial charge >= 0.3 is 6.18 Å². The van der Waals surface area contributed by atoms with Crippen molar-refractivity contribution in [3.63, 3.8) is 0 Å². The topological polar surface area (TPSA) is 76.2 Å². The Hall–Kier alpha value is -2.52. The van der Waals surface area contributed by atoms with Crippen molar-refractivity contribution >= 4 is 11.7 Å². The molecule has 29 heavy (non-hydrogen) atoms. The number of anilines is 1. The van der Waals surface area contributed by atoms with Crippen LogP contribution in [0.1, 0.15) is 67.0 Å². The first-order chi connectivity index (χ1) is 13.8. The van der Waals surface area contributed by atoms with E-state index in [0.29, 0.717) is 49.6 Å². The van der Waals surface area contributed by atoms with Gasteiger partial charge in [-0.25, -0.2) is 4.68 Å². The maximum absolute atomic E-state index is 13.5. The third-order valence-corrected chi connectivity index (χ3v) is 5.80. The van der Waals surface area contributed by atoms with E-state index in [-0.39, 0.29) is 30.0 Å². The average Bonchev–Trinajstić information content (AvgIpc) is 3.43. The molecule has 2 aliphatic rings. The average molecular weight is 411 g/mol. The number of halogens is 3. The van der Waals surface area contributed by atoms with Crippen LogP contribution in [0.4, 0.5) is 19.0 Å². The van der Waals surface area contributed by atoms with Crippen LogP contribution in [-0.4, -0.2) is 51.1 Å². The van der Waals surface area contributed by atoms with Crippen molar-refractivity contribution in [1.82, 2.24) is 19.8 Å². The van der Waals surface area contributed by atoms with E-state index < -0.39 is 12.2 Å². The standard InChI is InChI=1S/C19H24F3N5O2/c1-3-12-7-16(19(20,21)22)27-17(23-12)9-14(24-27)11-5-6-26(10-11)18(28)15-8-13(4-2)29-25-15/h8-9,11-12,16,23H,3-7,10H2,1-2H3/t11-,12+,16+/m0/s1. The second-order valence-electron chi connectivity index (χ2n) is 7.71. The van der Waals surface area contributed by atoms with Gasteiger partial charge in [0, 0.05) is 43.6 Å². The summed E-state index contributed by atoms with van der Waals surface area (Å²) >= 11 is 0. The van der Waals surface area contributed by atoms with Crippen LogP contribution < -0.4 is 5.32 Å². The van der Waals surface area contributed by atoms with E-state index in [1.54, 1.807) is 17.0 Å². The molecule has 0 radical (unpaired) electrons. The minimum atomic E-state index is -4.35. The molecule has 158 valence electrons. The summed E-state index contributed by atoms with van der Waals surface area (Å²) in [7, 11) is 0. The van der Waals surface area contributed by atoms with E-state index in [0.717, 1.165) is 4.68 Å². The van der Waals surface area contributed by atoms with Gasteiger partial charge in [-0.05, 0) is 19.3 Å². The lowest BCUT2D eigenvalue weighted by atomic mass is 10.0. The van der Waals surface area contributed by atoms with E-state index in [1.807, 2.05) is 13.8 Å². The Morgan fingerprint density at radius 1 is 1.34 bits per heavy atom. The number of hydrogen-bond acceptors (Lipinski definition) is 5. The lowest BCUT2D eigenvalue weighted by Gasteiger charge is -2.32. The molecule has 0 unspecified atom stereocenters. The first-order valence-corrected chi connectivity index (χ1v) is 9.97. The molecule has 4 heterocycles. The van der Waals surface area contributed by atoms with Crippen molar-refractivity contribution in [1.29, 1.82) is 0 Å². The molecule has 0 aromatic carbocycles. The van der Waals surface area contributed by atoms with Crippen LogP contribution >= 0.6 is 0 Å². The third-order valence-electron chi connectivity index (χ3n) is 5.80. The Morgan fingerprint density at radius 2 is 2.14 bits per heavy atom. The number of aryl methyl sites for hydroxylation is 1. The normalized spacial score (nSPS) is 24.4. The molecule has 1 saturated heterocycles. The fourth-order valence-corrected chi connectivity index (χ4v) is 4.07. The third kappa shape index (κ3) is 3.72. The maximum atomic E-state index is 13.5. The van der Waals surface area contributed by atoms with Crippen molar-refractivity contribution in [2.45, 2.75) is 63.7 Å². The second kappa shape index (κ2) is 7.38. The monoisotopic (exact) mass is 411 g/mol. The first-order valence-electron chi connectivity index (χ1n) is 9.97. The Morgan fingerprint density at radius 3 is 2.79 bits per heavy atom. The van der Waals surface area contributed by atoms with Gasteiger partial charge in [-0.15, -0.1) is 0 Å². The van der Waals surface area contributed by atoms with Crippen LogP contribution in [0.2, 0.25) is 0 Å². The van der Waals surface area contributed by atoms with Gasteiger partial charge in [-0.3, -0.25) is 4.79 Å². The quantitative estimate of drug-likeness (QED) is 0.829. The highest BCUT2D eigenvalue weighted by Gasteiger charge is 2.46. The lowest BCUT2D eigenvalue weighted by Crippen LogP contribution is -2.38. The van der Waals surface area contributed by atoms with Crippen molar-refractivity contribution in [3.05, 3.63) is 29.3 Å². The number of nitrogens with one attached hydrogen (secondary N) is 1. The van der Waals surface area contributed by atoms with Gasteiger partial charge < -0.3 is 14.7 Å². The molecule has 0 saturated carbocycles. The van der Waals surface area contributed by atoms with E-state index in [4.69, 9.17) is 4.52 Å². The number of alkyl halides is 3. The summed E-state index contributed by atoms with van der Waals surface area (Å²) in [6, 6.07) is 1.47. The summed E-state index contributed by atoms with van der Waals surface area (Å²) in [6.45, 7) is 4.68. The molecule has 0 bridgehead atoms. The number of amides is 1. The Balaban J connectivity index is 1.52. The highest BCUT2D eigenvalue weighted by molar-refractivity contribution is 5.92. The Bertz CT molecular complexity index is 891. The number of fused-ring (bicyclic) bond motifs is 1. The summed E-state index contributed by atoms with van der Waals surface area (Å²) in [5, 5.41) is 11.3. The molecule has 10 heteroatoms. The predicted octanol–water partition coefficient (Wildman–Crippen LogP) is 3.76. The first kappa shape index (κ1) is 19.8. The van der Waals surface area contributed by atoms with Gasteiger partial charge in [-0.2, -0.15) is 18.3 Å². The van der Waals surface area contributed by atoms with E-state index in [1.165, 1.54) is 0 Å². The van der Waals surface area contributed by atoms with Gasteiger partial charge in [0.25, 0.3) is 5.91 Å². The molecule has 0 aliphatic carbocycles. The molecule has 1 fully saturated rings. The van der Waals surface area contributed by atoms with Gasteiger partial charge in [0.15, 0.2) is 11.7 Å². The zero-order valence-corrected chi connectivity index (χ0v) is 16.4. The van der Waals surface area contributed by atoms with E-state index >= 15 is 0 Å². The SMILES string of the molecule is CCc1cc(C(=O)N2CC[C@H](c3cc4n(n3)[C@@H](C(F)(F)F)C[C@@H](CC)N4)C2)no1. The fourth-order valence-electron chi connectivity index (χ4n) is 4.07. The maximum Gasteiger partial charge on any atom is 0.410 e. The molecule has 2 aromatic rings. The van der Waals surface area contributed by atoms with Crippen LogP contribution in [0.3, 0.4) is 0 Å². The Labute approximate surface area is 166 Å². The summed E-state index contributed by atoms with van der Waals surface area (Å²) in [4.78, 5) is 14.3. The van der Waals surface area contributed by atoms with Crippen molar-refractivity contribution in [3.8, 4) is 0 Å². The van der Waals surface area contributed by atoms with Gasteiger partial charge in [-0.1, -0.05) is 19.0 Å². The lowest BCUT2D eigenvalue weighted by molar-refractivity contribution is -0.173. The van der Waals surface area contributed by atoms with Crippen molar-refractivity contribution in [2.75, 3.05) is 18.4 Å². The van der Waals surface area contributed by atoms with Crippen LogP contribution in [0, 0.1) is 0 Å².